The van der Waals surface area contributed by atoms with Gasteiger partial charge >= 0.3 is 5.97 Å². The molecule has 3 heteroatoms. The summed E-state index contributed by atoms with van der Waals surface area (Å²) in [6, 6.07) is 15.7. The van der Waals surface area contributed by atoms with E-state index in [9.17, 15) is 4.79 Å². The quantitative estimate of drug-likeness (QED) is 0.787. The lowest BCUT2D eigenvalue weighted by Crippen LogP contribution is -2.04. The van der Waals surface area contributed by atoms with Crippen molar-refractivity contribution in [2.45, 2.75) is 20.4 Å². The molecule has 0 aliphatic heterocycles. The number of hydrogen-bond acceptors (Lipinski definition) is 1. The Labute approximate surface area is 123 Å². The van der Waals surface area contributed by atoms with Crippen LogP contribution in [0.15, 0.2) is 48.5 Å². The van der Waals surface area contributed by atoms with E-state index in [1.165, 1.54) is 11.1 Å². The molecule has 0 aliphatic carbocycles. The minimum absolute atomic E-state index is 0.326. The summed E-state index contributed by atoms with van der Waals surface area (Å²) in [6.45, 7) is 4.91. The van der Waals surface area contributed by atoms with Crippen molar-refractivity contribution in [3.63, 3.8) is 0 Å². The van der Waals surface area contributed by atoms with Crippen molar-refractivity contribution in [3.05, 3.63) is 70.9 Å². The smallest absolute Gasteiger partial charge is 0.335 e. The van der Waals surface area contributed by atoms with Crippen LogP contribution in [0.3, 0.4) is 0 Å². The third kappa shape index (κ3) is 2.42. The SMILES string of the molecule is Cc1ccccc1Cn1c(C)cc2ccc(C(=O)O)cc21. The highest BCUT2D eigenvalue weighted by molar-refractivity contribution is 5.93. The number of carboxylic acids is 1. The maximum atomic E-state index is 11.2. The van der Waals surface area contributed by atoms with Gasteiger partial charge in [-0.3, -0.25) is 0 Å². The van der Waals surface area contributed by atoms with E-state index in [0.717, 1.165) is 23.1 Å². The first-order valence-corrected chi connectivity index (χ1v) is 6.94. The van der Waals surface area contributed by atoms with Crippen molar-refractivity contribution >= 4 is 16.9 Å². The number of carbonyl (C=O) groups is 1. The molecule has 0 atom stereocenters. The van der Waals surface area contributed by atoms with E-state index in [4.69, 9.17) is 5.11 Å². The molecule has 0 radical (unpaired) electrons. The highest BCUT2D eigenvalue weighted by atomic mass is 16.4. The van der Waals surface area contributed by atoms with Gasteiger partial charge in [-0.05, 0) is 48.6 Å². The first kappa shape index (κ1) is 13.4. The van der Waals surface area contributed by atoms with Gasteiger partial charge in [0.2, 0.25) is 0 Å². The van der Waals surface area contributed by atoms with Gasteiger partial charge in [-0.1, -0.05) is 30.3 Å². The summed E-state index contributed by atoms with van der Waals surface area (Å²) in [5.41, 5.74) is 4.92. The number of aryl methyl sites for hydroxylation is 2. The average molecular weight is 279 g/mol. The molecule has 3 nitrogen and oxygen atoms in total. The van der Waals surface area contributed by atoms with E-state index in [1.54, 1.807) is 12.1 Å². The number of benzene rings is 2. The first-order valence-electron chi connectivity index (χ1n) is 6.94. The second kappa shape index (κ2) is 5.09. The molecule has 0 saturated carbocycles. The first-order chi connectivity index (χ1) is 10.1. The van der Waals surface area contributed by atoms with Crippen LogP contribution in [0, 0.1) is 13.8 Å². The van der Waals surface area contributed by atoms with Crippen LogP contribution in [0.1, 0.15) is 27.2 Å². The third-order valence-electron chi connectivity index (χ3n) is 3.95. The Morgan fingerprint density at radius 1 is 1.10 bits per heavy atom. The fourth-order valence-electron chi connectivity index (χ4n) is 2.69. The predicted molar refractivity (Wildman–Crippen MR) is 83.9 cm³/mol. The summed E-state index contributed by atoms with van der Waals surface area (Å²) in [6.07, 6.45) is 0. The molecule has 3 rings (SSSR count). The van der Waals surface area contributed by atoms with Crippen LogP contribution < -0.4 is 0 Å². The maximum Gasteiger partial charge on any atom is 0.335 e. The molecule has 106 valence electrons. The van der Waals surface area contributed by atoms with Gasteiger partial charge in [-0.15, -0.1) is 0 Å². The van der Waals surface area contributed by atoms with Gasteiger partial charge in [-0.25, -0.2) is 4.79 Å². The Morgan fingerprint density at radius 3 is 2.57 bits per heavy atom. The van der Waals surface area contributed by atoms with Crippen molar-refractivity contribution in [1.82, 2.24) is 4.57 Å². The zero-order valence-corrected chi connectivity index (χ0v) is 12.1. The second-order valence-electron chi connectivity index (χ2n) is 5.38. The molecule has 1 N–H and O–H groups in total. The molecule has 1 heterocycles. The van der Waals surface area contributed by atoms with Crippen LogP contribution in [0.4, 0.5) is 0 Å². The number of rotatable bonds is 3. The lowest BCUT2D eigenvalue weighted by molar-refractivity contribution is 0.0697. The Kier molecular flexibility index (Phi) is 3.26. The number of aromatic nitrogens is 1. The van der Waals surface area contributed by atoms with Crippen LogP contribution in [0.2, 0.25) is 0 Å². The lowest BCUT2D eigenvalue weighted by Gasteiger charge is -2.11. The van der Waals surface area contributed by atoms with Crippen LogP contribution in [0.25, 0.3) is 10.9 Å². The van der Waals surface area contributed by atoms with Gasteiger partial charge in [0.05, 0.1) is 5.56 Å². The minimum Gasteiger partial charge on any atom is -0.478 e. The fourth-order valence-corrected chi connectivity index (χ4v) is 2.69. The number of carboxylic acid groups (broad SMARTS) is 1. The molecule has 0 amide bonds. The van der Waals surface area contributed by atoms with Crippen LogP contribution in [-0.4, -0.2) is 15.6 Å². The van der Waals surface area contributed by atoms with Crippen molar-refractivity contribution in [1.29, 1.82) is 0 Å². The van der Waals surface area contributed by atoms with Gasteiger partial charge in [0.1, 0.15) is 0 Å². The van der Waals surface area contributed by atoms with E-state index in [0.29, 0.717) is 5.56 Å². The molecule has 0 fully saturated rings. The maximum absolute atomic E-state index is 11.2. The summed E-state index contributed by atoms with van der Waals surface area (Å²) in [4.78, 5) is 11.2. The average Bonchev–Trinajstić information content (AvgIpc) is 2.76. The van der Waals surface area contributed by atoms with Crippen LogP contribution in [0.5, 0.6) is 0 Å². The standard InChI is InChI=1S/C18H17NO2/c1-12-5-3-4-6-16(12)11-19-13(2)9-14-7-8-15(18(20)21)10-17(14)19/h3-10H,11H2,1-2H3,(H,20,21). The molecular weight excluding hydrogens is 262 g/mol. The highest BCUT2D eigenvalue weighted by Crippen LogP contribution is 2.23. The van der Waals surface area contributed by atoms with Crippen molar-refractivity contribution in [2.24, 2.45) is 0 Å². The second-order valence-corrected chi connectivity index (χ2v) is 5.38. The minimum atomic E-state index is -0.891. The zero-order chi connectivity index (χ0) is 15.0. The summed E-state index contributed by atoms with van der Waals surface area (Å²) < 4.78 is 2.17. The fraction of sp³-hybridized carbons (Fsp3) is 0.167. The van der Waals surface area contributed by atoms with Gasteiger partial charge in [-0.2, -0.15) is 0 Å². The Hall–Kier alpha value is -2.55. The van der Waals surface area contributed by atoms with Gasteiger partial charge in [0.25, 0.3) is 0 Å². The summed E-state index contributed by atoms with van der Waals surface area (Å²) in [5, 5.41) is 10.2. The molecule has 0 spiro atoms. The van der Waals surface area contributed by atoms with Crippen LogP contribution in [-0.2, 0) is 6.54 Å². The van der Waals surface area contributed by atoms with Gasteiger partial charge < -0.3 is 9.67 Å². The normalized spacial score (nSPS) is 11.0. The van der Waals surface area contributed by atoms with Gasteiger partial charge in [0.15, 0.2) is 0 Å². The molecule has 2 aromatic carbocycles. The van der Waals surface area contributed by atoms with E-state index >= 15 is 0 Å². The Balaban J connectivity index is 2.13. The van der Waals surface area contributed by atoms with Crippen molar-refractivity contribution in [2.75, 3.05) is 0 Å². The van der Waals surface area contributed by atoms with Crippen LogP contribution >= 0.6 is 0 Å². The van der Waals surface area contributed by atoms with Crippen molar-refractivity contribution in [3.8, 4) is 0 Å². The molecule has 21 heavy (non-hydrogen) atoms. The molecule has 0 unspecified atom stereocenters. The number of aromatic carboxylic acids is 1. The van der Waals surface area contributed by atoms with E-state index < -0.39 is 5.97 Å². The molecule has 0 saturated heterocycles. The monoisotopic (exact) mass is 279 g/mol. The Bertz CT molecular complexity index is 830. The van der Waals surface area contributed by atoms with E-state index in [2.05, 4.69) is 36.6 Å². The summed E-state index contributed by atoms with van der Waals surface area (Å²) in [5.74, 6) is -0.891. The molecule has 0 aliphatic rings. The van der Waals surface area contributed by atoms with E-state index in [-0.39, 0.29) is 0 Å². The van der Waals surface area contributed by atoms with Crippen molar-refractivity contribution < 1.29 is 9.90 Å². The summed E-state index contributed by atoms with van der Waals surface area (Å²) in [7, 11) is 0. The number of nitrogens with zero attached hydrogens (tertiary/aromatic N) is 1. The lowest BCUT2D eigenvalue weighted by atomic mass is 10.1. The summed E-state index contributed by atoms with van der Waals surface area (Å²) >= 11 is 0. The molecule has 1 aromatic heterocycles. The molecule has 0 bridgehead atoms. The largest absolute Gasteiger partial charge is 0.478 e. The molecule has 3 aromatic rings. The Morgan fingerprint density at radius 2 is 1.86 bits per heavy atom. The van der Waals surface area contributed by atoms with E-state index in [1.807, 2.05) is 18.2 Å². The predicted octanol–water partition coefficient (Wildman–Crippen LogP) is 4.00. The number of fused-ring (bicyclic) bond motifs is 1. The van der Waals surface area contributed by atoms with Gasteiger partial charge in [0, 0.05) is 17.8 Å². The molecular formula is C18H17NO2. The zero-order valence-electron chi connectivity index (χ0n) is 12.1. The number of hydrogen-bond donors (Lipinski definition) is 1. The third-order valence-corrected chi connectivity index (χ3v) is 3.95. The topological polar surface area (TPSA) is 42.2 Å². The highest BCUT2D eigenvalue weighted by Gasteiger charge is 2.10.